The zero-order valence-electron chi connectivity index (χ0n) is 34.0. The molecule has 0 spiro atoms. The molecule has 10 aromatic rings. The maximum absolute atomic E-state index is 15.3. The van der Waals surface area contributed by atoms with Crippen molar-refractivity contribution >= 4 is 97.0 Å². The van der Waals surface area contributed by atoms with Gasteiger partial charge in [-0.25, -0.2) is 0 Å². The molecule has 0 aromatic heterocycles. The van der Waals surface area contributed by atoms with Crippen LogP contribution in [0.4, 0.5) is 0 Å². The predicted molar refractivity (Wildman–Crippen MR) is 248 cm³/mol. The summed E-state index contributed by atoms with van der Waals surface area (Å²) in [5.41, 5.74) is 3.81. The molecule has 58 heavy (non-hydrogen) atoms. The van der Waals surface area contributed by atoms with Crippen LogP contribution >= 0.6 is 0 Å². The number of benzene rings is 6. The average Bonchev–Trinajstić information content (AvgIpc) is 3.91. The minimum Gasteiger partial charge on any atom is -0.289 e. The average molecular weight is 761 g/mol. The van der Waals surface area contributed by atoms with Crippen LogP contribution in [0, 0.1) is 0 Å². The highest BCUT2D eigenvalue weighted by Gasteiger charge is 2.31. The molecule has 0 atom stereocenters. The number of hydrogen-bond acceptors (Lipinski definition) is 4. The van der Waals surface area contributed by atoms with E-state index in [2.05, 4.69) is 76.2 Å². The van der Waals surface area contributed by atoms with Gasteiger partial charge in [-0.2, -0.15) is 0 Å². The van der Waals surface area contributed by atoms with E-state index in [0.29, 0.717) is 53.9 Å². The number of aryl methyl sites for hydroxylation is 4. The van der Waals surface area contributed by atoms with Gasteiger partial charge in [-0.05, 0) is 119 Å². The normalized spacial score (nSPS) is 12.6. The fraction of sp³-hybridized carbons (Fsp3) is 0.296. The van der Waals surface area contributed by atoms with E-state index in [0.717, 1.165) is 142 Å². The van der Waals surface area contributed by atoms with Crippen molar-refractivity contribution in [1.29, 1.82) is 0 Å². The fourth-order valence-electron chi connectivity index (χ4n) is 10.4. The van der Waals surface area contributed by atoms with Crippen LogP contribution in [-0.2, 0) is 25.7 Å². The molecule has 0 N–H and O–H groups in total. The van der Waals surface area contributed by atoms with Crippen LogP contribution in [0.1, 0.15) is 101 Å². The van der Waals surface area contributed by atoms with Crippen molar-refractivity contribution in [1.82, 2.24) is 0 Å². The predicted octanol–water partition coefficient (Wildman–Crippen LogP) is 12.6. The molecule has 0 saturated carbocycles. The molecule has 0 radical (unpaired) electrons. The molecule has 0 bridgehead atoms. The molecule has 10 rings (SSSR count). The summed E-state index contributed by atoms with van der Waals surface area (Å²) < 4.78 is 0. The van der Waals surface area contributed by atoms with E-state index < -0.39 is 0 Å². The molecule has 0 amide bonds. The van der Waals surface area contributed by atoms with Crippen molar-refractivity contribution in [2.24, 2.45) is 0 Å². The number of hydrogen-bond donors (Lipinski definition) is 0. The van der Waals surface area contributed by atoms with E-state index in [-0.39, 0.29) is 21.7 Å². The van der Waals surface area contributed by atoms with Crippen LogP contribution in [0.5, 0.6) is 0 Å². The van der Waals surface area contributed by atoms with E-state index in [1.54, 1.807) is 0 Å². The molecule has 0 heterocycles. The van der Waals surface area contributed by atoms with Crippen LogP contribution in [0.15, 0.2) is 92.0 Å². The third-order valence-corrected chi connectivity index (χ3v) is 13.3. The zero-order valence-corrected chi connectivity index (χ0v) is 34.0. The highest BCUT2D eigenvalue weighted by molar-refractivity contribution is 6.50. The Hall–Kier alpha value is -5.74. The third kappa shape index (κ3) is 5.13. The minimum absolute atomic E-state index is 0.143. The van der Waals surface area contributed by atoms with Gasteiger partial charge in [0.05, 0.1) is 0 Å². The Bertz CT molecular complexity index is 3060. The number of unbranched alkanes of at least 4 members (excludes halogenated alkanes) is 4. The molecule has 10 aromatic carbocycles. The van der Waals surface area contributed by atoms with Crippen molar-refractivity contribution in [3.8, 4) is 0 Å². The summed E-state index contributed by atoms with van der Waals surface area (Å²) in [7, 11) is 0. The molecule has 0 aliphatic carbocycles. The molecule has 0 fully saturated rings. The van der Waals surface area contributed by atoms with Gasteiger partial charge >= 0.3 is 0 Å². The molecule has 0 aliphatic heterocycles. The van der Waals surface area contributed by atoms with E-state index in [1.807, 2.05) is 24.3 Å². The molecule has 0 unspecified atom stereocenters. The molecule has 4 nitrogen and oxygen atoms in total. The van der Waals surface area contributed by atoms with Gasteiger partial charge in [0.1, 0.15) is 0 Å². The summed E-state index contributed by atoms with van der Waals surface area (Å²) in [6, 6.07) is 24.8. The number of fused-ring (bicyclic) bond motifs is 19. The Kier molecular flexibility index (Phi) is 8.82. The van der Waals surface area contributed by atoms with Crippen LogP contribution < -0.4 is 21.7 Å². The second kappa shape index (κ2) is 14.0. The summed E-state index contributed by atoms with van der Waals surface area (Å²) in [5.74, 6) is 0. The van der Waals surface area contributed by atoms with Gasteiger partial charge in [0.2, 0.25) is 0 Å². The third-order valence-electron chi connectivity index (χ3n) is 13.3. The maximum Gasteiger partial charge on any atom is 0.194 e. The van der Waals surface area contributed by atoms with Crippen molar-refractivity contribution in [2.75, 3.05) is 0 Å². The minimum atomic E-state index is -0.143. The lowest BCUT2D eigenvalue weighted by molar-refractivity contribution is 0.796. The molecular formula is C54H48O4. The first-order valence-corrected chi connectivity index (χ1v) is 21.8. The van der Waals surface area contributed by atoms with E-state index >= 15 is 19.2 Å². The second-order valence-electron chi connectivity index (χ2n) is 17.0. The van der Waals surface area contributed by atoms with E-state index in [9.17, 15) is 0 Å². The highest BCUT2D eigenvalue weighted by Crippen LogP contribution is 2.49. The second-order valence-corrected chi connectivity index (χ2v) is 17.0. The Labute approximate surface area is 336 Å². The van der Waals surface area contributed by atoms with Crippen molar-refractivity contribution in [3.05, 3.63) is 136 Å². The lowest BCUT2D eigenvalue weighted by Gasteiger charge is -2.09. The SMILES string of the molecule is CCCCc1ccc2c(c1)c(=O)c1c2c2c3ccc(CCCC)cc3c(=O)c2c2c3c(=O)c4cc(CCCC)ccc4c3c3c4ccc(CCCC)cc4c(=O)c3c12. The first-order valence-electron chi connectivity index (χ1n) is 21.8. The Balaban J connectivity index is 1.52. The van der Waals surface area contributed by atoms with Crippen LogP contribution in [0.25, 0.3) is 97.0 Å². The molecule has 288 valence electrons. The quantitative estimate of drug-likeness (QED) is 0.124. The Morgan fingerprint density at radius 3 is 0.707 bits per heavy atom. The lowest BCUT2D eigenvalue weighted by atomic mass is 9.91. The number of rotatable bonds is 12. The largest absolute Gasteiger partial charge is 0.289 e. The van der Waals surface area contributed by atoms with Crippen LogP contribution in [0.2, 0.25) is 0 Å². The van der Waals surface area contributed by atoms with Gasteiger partial charge in [-0.3, -0.25) is 19.2 Å². The van der Waals surface area contributed by atoms with Gasteiger partial charge in [-0.15, -0.1) is 0 Å². The monoisotopic (exact) mass is 760 g/mol. The topological polar surface area (TPSA) is 68.3 Å². The van der Waals surface area contributed by atoms with Crippen molar-refractivity contribution in [3.63, 3.8) is 0 Å². The van der Waals surface area contributed by atoms with Gasteiger partial charge in [0, 0.05) is 75.4 Å². The van der Waals surface area contributed by atoms with Gasteiger partial charge in [0.25, 0.3) is 0 Å². The smallest absolute Gasteiger partial charge is 0.194 e. The first-order chi connectivity index (χ1) is 28.3. The van der Waals surface area contributed by atoms with Gasteiger partial charge in [-0.1, -0.05) is 102 Å². The fourth-order valence-corrected chi connectivity index (χ4v) is 10.4. The van der Waals surface area contributed by atoms with E-state index in [1.165, 1.54) is 0 Å². The van der Waals surface area contributed by atoms with Gasteiger partial charge < -0.3 is 0 Å². The van der Waals surface area contributed by atoms with Gasteiger partial charge in [0.15, 0.2) is 21.7 Å². The maximum atomic E-state index is 15.3. The summed E-state index contributed by atoms with van der Waals surface area (Å²) in [6.45, 7) is 8.66. The summed E-state index contributed by atoms with van der Waals surface area (Å²) in [6.07, 6.45) is 11.6. The molecular weight excluding hydrogens is 713 g/mol. The van der Waals surface area contributed by atoms with E-state index in [4.69, 9.17) is 0 Å². The molecule has 0 aliphatic rings. The molecule has 4 heteroatoms. The summed E-state index contributed by atoms with van der Waals surface area (Å²) in [4.78, 5) is 61.2. The van der Waals surface area contributed by atoms with Crippen molar-refractivity contribution < 1.29 is 0 Å². The van der Waals surface area contributed by atoms with Crippen molar-refractivity contribution in [2.45, 2.75) is 105 Å². The summed E-state index contributed by atoms with van der Waals surface area (Å²) >= 11 is 0. The van der Waals surface area contributed by atoms with Crippen LogP contribution in [-0.4, -0.2) is 0 Å². The first kappa shape index (κ1) is 36.6. The summed E-state index contributed by atoms with van der Waals surface area (Å²) in [5, 5.41) is 11.2. The Morgan fingerprint density at radius 1 is 0.276 bits per heavy atom. The lowest BCUT2D eigenvalue weighted by Crippen LogP contribution is -2.04. The Morgan fingerprint density at radius 2 is 0.500 bits per heavy atom. The molecule has 0 saturated heterocycles. The van der Waals surface area contributed by atoms with Crippen LogP contribution in [0.3, 0.4) is 0 Å². The zero-order chi connectivity index (χ0) is 40.0. The standard InChI is InChI=1S/C54H48O4/c1-5-9-13-29-17-21-33-37(25-29)51(55)47-41(33)42-34-22-18-30(14-10-6-2)26-38(34)52(56)48(42)46-45(47)49-43(35-23-19-31(15-11-7-3)27-39(35)53(49)57)44-36-24-20-32(16-12-8-4)28-40(36)54(58)50(44)46/h17-28H,5-16H2,1-4H3. The highest BCUT2D eigenvalue weighted by atomic mass is 16.1.